The monoisotopic (exact) mass is 375 g/mol. The fraction of sp³-hybridized carbons (Fsp3) is 0.389. The predicted octanol–water partition coefficient (Wildman–Crippen LogP) is 2.80. The molecule has 0 spiro atoms. The normalized spacial score (nSPS) is 17.0. The van der Waals surface area contributed by atoms with Gasteiger partial charge in [-0.2, -0.15) is 5.10 Å². The van der Waals surface area contributed by atoms with E-state index in [9.17, 15) is 0 Å². The molecule has 0 amide bonds. The summed E-state index contributed by atoms with van der Waals surface area (Å²) < 4.78 is 6.81. The Labute approximate surface area is 156 Å². The summed E-state index contributed by atoms with van der Waals surface area (Å²) in [6.07, 6.45) is 4.99. The van der Waals surface area contributed by atoms with Gasteiger partial charge in [0.25, 0.3) is 0 Å². The molecule has 3 aromatic heterocycles. The van der Waals surface area contributed by atoms with E-state index in [1.54, 1.807) is 6.20 Å². The van der Waals surface area contributed by atoms with E-state index in [2.05, 4.69) is 15.1 Å². The molecule has 26 heavy (non-hydrogen) atoms. The number of nitrogens with zero attached hydrogens (tertiary/aromatic N) is 4. The highest BCUT2D eigenvalue weighted by Gasteiger charge is 2.14. The minimum absolute atomic E-state index is 0.186. The summed E-state index contributed by atoms with van der Waals surface area (Å²) >= 11 is 6.14. The van der Waals surface area contributed by atoms with Crippen LogP contribution in [0.4, 0.5) is 5.95 Å². The number of aryl methyl sites for hydroxylation is 2. The van der Waals surface area contributed by atoms with Gasteiger partial charge in [0.05, 0.1) is 41.3 Å². The van der Waals surface area contributed by atoms with Gasteiger partial charge in [0.1, 0.15) is 0 Å². The van der Waals surface area contributed by atoms with E-state index in [0.717, 1.165) is 36.2 Å². The highest BCUT2D eigenvalue weighted by Crippen LogP contribution is 2.30. The number of nitrogens with two attached hydrogens (primary N) is 1. The van der Waals surface area contributed by atoms with E-state index in [-0.39, 0.29) is 12.1 Å². The maximum Gasteiger partial charge on any atom is 0.220 e. The molecule has 0 bridgehead atoms. The third kappa shape index (κ3) is 3.95. The van der Waals surface area contributed by atoms with Gasteiger partial charge in [0, 0.05) is 17.9 Å². The maximum absolute atomic E-state index is 8.78. The van der Waals surface area contributed by atoms with Crippen LogP contribution in [0.3, 0.4) is 0 Å². The SMILES string of the molecule is Cc1ccc2c(-c3nc(N)ncc3Cl)cnn2c1C.OC1CCCOC1. The Morgan fingerprint density at radius 3 is 2.77 bits per heavy atom. The van der Waals surface area contributed by atoms with Crippen LogP contribution in [0.1, 0.15) is 24.1 Å². The van der Waals surface area contributed by atoms with Crippen molar-refractivity contribution in [3.8, 4) is 11.3 Å². The molecule has 1 atom stereocenters. The Morgan fingerprint density at radius 1 is 1.31 bits per heavy atom. The number of rotatable bonds is 1. The first-order valence-corrected chi connectivity index (χ1v) is 8.83. The van der Waals surface area contributed by atoms with Crippen LogP contribution in [0, 0.1) is 13.8 Å². The van der Waals surface area contributed by atoms with Crippen LogP contribution < -0.4 is 5.73 Å². The van der Waals surface area contributed by atoms with Crippen molar-refractivity contribution in [2.75, 3.05) is 18.9 Å². The highest BCUT2D eigenvalue weighted by molar-refractivity contribution is 6.33. The van der Waals surface area contributed by atoms with E-state index in [1.807, 2.05) is 30.5 Å². The van der Waals surface area contributed by atoms with E-state index in [1.165, 1.54) is 11.8 Å². The number of hydrogen-bond acceptors (Lipinski definition) is 6. The number of anilines is 1. The van der Waals surface area contributed by atoms with E-state index < -0.39 is 0 Å². The van der Waals surface area contributed by atoms with Gasteiger partial charge in [-0.05, 0) is 38.3 Å². The average molecular weight is 376 g/mol. The largest absolute Gasteiger partial charge is 0.391 e. The first kappa shape index (κ1) is 18.6. The van der Waals surface area contributed by atoms with E-state index in [4.69, 9.17) is 27.2 Å². The Balaban J connectivity index is 0.000000236. The summed E-state index contributed by atoms with van der Waals surface area (Å²) in [5, 5.41) is 13.6. The van der Waals surface area contributed by atoms with Crippen molar-refractivity contribution in [1.29, 1.82) is 0 Å². The second-order valence-corrected chi connectivity index (χ2v) is 6.66. The van der Waals surface area contributed by atoms with Gasteiger partial charge in [0.2, 0.25) is 5.95 Å². The number of ether oxygens (including phenoxy) is 1. The Kier molecular flexibility index (Phi) is 5.70. The molecule has 0 radical (unpaired) electrons. The number of halogens is 1. The minimum atomic E-state index is -0.186. The Bertz CT molecular complexity index is 906. The highest BCUT2D eigenvalue weighted by atomic mass is 35.5. The van der Waals surface area contributed by atoms with Gasteiger partial charge in [-0.1, -0.05) is 17.7 Å². The molecular formula is C18H22ClN5O2. The van der Waals surface area contributed by atoms with Gasteiger partial charge in [-0.3, -0.25) is 0 Å². The zero-order valence-corrected chi connectivity index (χ0v) is 15.6. The van der Waals surface area contributed by atoms with Crippen LogP contribution in [0.15, 0.2) is 24.5 Å². The zero-order chi connectivity index (χ0) is 18.7. The molecule has 3 aromatic rings. The molecule has 1 unspecified atom stereocenters. The molecule has 1 fully saturated rings. The average Bonchev–Trinajstić information content (AvgIpc) is 3.06. The molecule has 1 aliphatic heterocycles. The van der Waals surface area contributed by atoms with Crippen LogP contribution in [-0.4, -0.2) is 44.0 Å². The molecule has 7 nitrogen and oxygen atoms in total. The van der Waals surface area contributed by atoms with Gasteiger partial charge in [0.15, 0.2) is 0 Å². The van der Waals surface area contributed by atoms with Gasteiger partial charge in [-0.15, -0.1) is 0 Å². The summed E-state index contributed by atoms with van der Waals surface area (Å²) in [4.78, 5) is 8.07. The topological polar surface area (TPSA) is 98.6 Å². The van der Waals surface area contributed by atoms with E-state index in [0.29, 0.717) is 17.3 Å². The lowest BCUT2D eigenvalue weighted by atomic mass is 10.1. The van der Waals surface area contributed by atoms with Crippen molar-refractivity contribution in [1.82, 2.24) is 19.6 Å². The standard InChI is InChI=1S/C13H12ClN5.C5H10O2/c1-7-3-4-11-9(5-17-19(11)8(7)2)12-10(14)6-16-13(15)18-12;6-5-2-1-3-7-4-5/h3-6H,1-2H3,(H2,15,16,18);5-6H,1-4H2. The summed E-state index contributed by atoms with van der Waals surface area (Å²) in [7, 11) is 0. The van der Waals surface area contributed by atoms with Crippen molar-refractivity contribution in [3.63, 3.8) is 0 Å². The first-order valence-electron chi connectivity index (χ1n) is 8.45. The van der Waals surface area contributed by atoms with Gasteiger partial charge >= 0.3 is 0 Å². The van der Waals surface area contributed by atoms with E-state index >= 15 is 0 Å². The van der Waals surface area contributed by atoms with Crippen molar-refractivity contribution < 1.29 is 9.84 Å². The zero-order valence-electron chi connectivity index (χ0n) is 14.8. The first-order chi connectivity index (χ1) is 12.5. The number of fused-ring (bicyclic) bond motifs is 1. The van der Waals surface area contributed by atoms with Crippen molar-refractivity contribution in [2.45, 2.75) is 32.8 Å². The minimum Gasteiger partial charge on any atom is -0.391 e. The number of aliphatic hydroxyl groups is 1. The lowest BCUT2D eigenvalue weighted by Gasteiger charge is -2.15. The second-order valence-electron chi connectivity index (χ2n) is 6.25. The van der Waals surface area contributed by atoms with Crippen molar-refractivity contribution in [2.24, 2.45) is 0 Å². The summed E-state index contributed by atoms with van der Waals surface area (Å²) in [5.74, 6) is 0.197. The molecule has 0 saturated carbocycles. The number of nitrogen functional groups attached to an aromatic ring is 1. The molecule has 4 heterocycles. The summed E-state index contributed by atoms with van der Waals surface area (Å²) in [6, 6.07) is 4.05. The van der Waals surface area contributed by atoms with Gasteiger partial charge < -0.3 is 15.6 Å². The summed E-state index contributed by atoms with van der Waals surface area (Å²) in [6.45, 7) is 5.44. The fourth-order valence-corrected chi connectivity index (χ4v) is 2.95. The Morgan fingerprint density at radius 2 is 2.12 bits per heavy atom. The lowest BCUT2D eigenvalue weighted by Crippen LogP contribution is -2.21. The third-order valence-corrected chi connectivity index (χ3v) is 4.62. The molecular weight excluding hydrogens is 354 g/mol. The van der Waals surface area contributed by atoms with Crippen LogP contribution in [-0.2, 0) is 4.74 Å². The molecule has 1 aliphatic rings. The predicted molar refractivity (Wildman–Crippen MR) is 101 cm³/mol. The van der Waals surface area contributed by atoms with Crippen molar-refractivity contribution >= 4 is 23.1 Å². The Hall–Kier alpha value is -2.22. The molecule has 3 N–H and O–H groups in total. The quantitative estimate of drug-likeness (QED) is 0.678. The fourth-order valence-electron chi connectivity index (χ4n) is 2.75. The van der Waals surface area contributed by atoms with Crippen LogP contribution in [0.5, 0.6) is 0 Å². The molecule has 1 saturated heterocycles. The van der Waals surface area contributed by atoms with Crippen LogP contribution in [0.2, 0.25) is 5.02 Å². The lowest BCUT2D eigenvalue weighted by molar-refractivity contribution is -0.00535. The molecule has 8 heteroatoms. The molecule has 4 rings (SSSR count). The van der Waals surface area contributed by atoms with Crippen LogP contribution >= 0.6 is 11.6 Å². The van der Waals surface area contributed by atoms with Crippen molar-refractivity contribution in [3.05, 3.63) is 40.8 Å². The third-order valence-electron chi connectivity index (χ3n) is 4.34. The smallest absolute Gasteiger partial charge is 0.220 e. The second kappa shape index (κ2) is 7.99. The van der Waals surface area contributed by atoms with Gasteiger partial charge in [-0.25, -0.2) is 14.5 Å². The summed E-state index contributed by atoms with van der Waals surface area (Å²) in [5.41, 5.74) is 10.3. The molecule has 138 valence electrons. The number of pyridine rings is 1. The van der Waals surface area contributed by atoms with Crippen LogP contribution in [0.25, 0.3) is 16.8 Å². The number of aliphatic hydroxyl groups excluding tert-OH is 1. The maximum atomic E-state index is 8.78. The molecule has 0 aromatic carbocycles. The number of hydrogen-bond donors (Lipinski definition) is 2. The number of aromatic nitrogens is 4. The molecule has 0 aliphatic carbocycles.